The van der Waals surface area contributed by atoms with Gasteiger partial charge < -0.3 is 14.2 Å². The van der Waals surface area contributed by atoms with Crippen LogP contribution in [0.3, 0.4) is 0 Å². The Bertz CT molecular complexity index is 229. The summed E-state index contributed by atoms with van der Waals surface area (Å²) in [5.41, 5.74) is 0. The molecule has 0 saturated carbocycles. The zero-order valence-electron chi connectivity index (χ0n) is 15.8. The molecule has 23 heavy (non-hydrogen) atoms. The maximum atomic E-state index is 6.03. The second kappa shape index (κ2) is 17.1. The molecular weight excluding hydrogens is 308 g/mol. The first-order valence-corrected chi connectivity index (χ1v) is 10.4. The van der Waals surface area contributed by atoms with Crippen LogP contribution >= 0.6 is 12.6 Å². The van der Waals surface area contributed by atoms with Crippen LogP contribution in [0.2, 0.25) is 0 Å². The highest BCUT2D eigenvalue weighted by atomic mass is 32.1. The number of hydrogen-bond acceptors (Lipinski definition) is 4. The van der Waals surface area contributed by atoms with Gasteiger partial charge in [-0.25, -0.2) is 0 Å². The minimum absolute atomic E-state index is 0.646. The Morgan fingerprint density at radius 1 is 0.609 bits per heavy atom. The second-order valence-corrected chi connectivity index (χ2v) is 6.62. The summed E-state index contributed by atoms with van der Waals surface area (Å²) in [6.45, 7) is 8.50. The van der Waals surface area contributed by atoms with Crippen LogP contribution in [0.15, 0.2) is 0 Å². The molecule has 0 aliphatic carbocycles. The van der Waals surface area contributed by atoms with Crippen molar-refractivity contribution >= 4 is 12.6 Å². The van der Waals surface area contributed by atoms with Gasteiger partial charge >= 0.3 is 0 Å². The first kappa shape index (κ1) is 23.2. The van der Waals surface area contributed by atoms with Crippen molar-refractivity contribution in [3.05, 3.63) is 0 Å². The van der Waals surface area contributed by atoms with Gasteiger partial charge in [0.2, 0.25) is 0 Å². The molecule has 0 heterocycles. The van der Waals surface area contributed by atoms with E-state index in [2.05, 4.69) is 33.4 Å². The van der Waals surface area contributed by atoms with E-state index in [0.717, 1.165) is 37.9 Å². The van der Waals surface area contributed by atoms with Gasteiger partial charge in [-0.15, -0.1) is 0 Å². The summed E-state index contributed by atoms with van der Waals surface area (Å²) in [5.74, 6) is -0.00650. The van der Waals surface area contributed by atoms with Gasteiger partial charge in [-0.1, -0.05) is 59.3 Å². The van der Waals surface area contributed by atoms with Gasteiger partial charge in [-0.05, 0) is 31.4 Å². The SMILES string of the molecule is CCCCCCCCCC(OCCC)(OCCC)OCCCS. The third-order valence-electron chi connectivity index (χ3n) is 3.76. The minimum atomic E-state index is -0.835. The Morgan fingerprint density at radius 3 is 1.65 bits per heavy atom. The van der Waals surface area contributed by atoms with Gasteiger partial charge in [0.1, 0.15) is 0 Å². The molecule has 0 unspecified atom stereocenters. The molecule has 0 aliphatic rings. The maximum Gasteiger partial charge on any atom is 0.282 e. The molecule has 0 aliphatic heterocycles. The summed E-state index contributed by atoms with van der Waals surface area (Å²) in [6, 6.07) is 0. The lowest BCUT2D eigenvalue weighted by molar-refractivity contribution is -0.383. The van der Waals surface area contributed by atoms with Crippen molar-refractivity contribution < 1.29 is 14.2 Å². The summed E-state index contributed by atoms with van der Waals surface area (Å²) >= 11 is 4.26. The molecule has 140 valence electrons. The van der Waals surface area contributed by atoms with Crippen molar-refractivity contribution in [3.63, 3.8) is 0 Å². The van der Waals surface area contributed by atoms with Crippen LogP contribution in [0.1, 0.15) is 91.4 Å². The Hall–Kier alpha value is 0.230. The van der Waals surface area contributed by atoms with Gasteiger partial charge in [0.15, 0.2) is 0 Å². The Morgan fingerprint density at radius 2 is 1.13 bits per heavy atom. The Balaban J connectivity index is 4.28. The summed E-state index contributed by atoms with van der Waals surface area (Å²) in [6.07, 6.45) is 12.7. The molecular formula is C19H40O3S. The highest BCUT2D eigenvalue weighted by Gasteiger charge is 2.32. The molecule has 0 saturated heterocycles. The molecule has 0 spiro atoms. The van der Waals surface area contributed by atoms with Crippen molar-refractivity contribution in [2.24, 2.45) is 0 Å². The van der Waals surface area contributed by atoms with Gasteiger partial charge in [0.25, 0.3) is 5.97 Å². The lowest BCUT2D eigenvalue weighted by atomic mass is 10.1. The van der Waals surface area contributed by atoms with Gasteiger partial charge in [-0.2, -0.15) is 12.6 Å². The summed E-state index contributed by atoms with van der Waals surface area (Å²) in [4.78, 5) is 0. The highest BCUT2D eigenvalue weighted by molar-refractivity contribution is 7.80. The van der Waals surface area contributed by atoms with Crippen molar-refractivity contribution in [1.82, 2.24) is 0 Å². The number of rotatable bonds is 18. The predicted octanol–water partition coefficient (Wildman–Crippen LogP) is 5.97. The third kappa shape index (κ3) is 13.2. The van der Waals surface area contributed by atoms with E-state index in [1.165, 1.54) is 38.5 Å². The van der Waals surface area contributed by atoms with Gasteiger partial charge in [0.05, 0.1) is 19.8 Å². The molecule has 0 aromatic rings. The summed E-state index contributed by atoms with van der Waals surface area (Å²) in [5, 5.41) is 0. The fourth-order valence-electron chi connectivity index (χ4n) is 2.45. The van der Waals surface area contributed by atoms with Crippen LogP contribution < -0.4 is 0 Å². The van der Waals surface area contributed by atoms with Gasteiger partial charge in [0, 0.05) is 6.42 Å². The van der Waals surface area contributed by atoms with E-state index in [1.54, 1.807) is 0 Å². The van der Waals surface area contributed by atoms with Crippen molar-refractivity contribution in [2.45, 2.75) is 97.4 Å². The third-order valence-corrected chi connectivity index (χ3v) is 4.08. The van der Waals surface area contributed by atoms with Crippen molar-refractivity contribution in [3.8, 4) is 0 Å². The topological polar surface area (TPSA) is 27.7 Å². The number of thiol groups is 1. The highest BCUT2D eigenvalue weighted by Crippen LogP contribution is 2.25. The molecule has 0 bridgehead atoms. The van der Waals surface area contributed by atoms with Crippen LogP contribution in [0.25, 0.3) is 0 Å². The molecule has 0 aromatic heterocycles. The lowest BCUT2D eigenvalue weighted by Crippen LogP contribution is -2.40. The van der Waals surface area contributed by atoms with Crippen molar-refractivity contribution in [2.75, 3.05) is 25.6 Å². The molecule has 0 radical (unpaired) electrons. The normalized spacial score (nSPS) is 12.0. The average Bonchev–Trinajstić information content (AvgIpc) is 2.57. The van der Waals surface area contributed by atoms with Crippen LogP contribution in [-0.2, 0) is 14.2 Å². The van der Waals surface area contributed by atoms with Crippen molar-refractivity contribution in [1.29, 1.82) is 0 Å². The van der Waals surface area contributed by atoms with E-state index in [9.17, 15) is 0 Å². The van der Waals surface area contributed by atoms with Crippen LogP contribution in [0, 0.1) is 0 Å². The molecule has 0 N–H and O–H groups in total. The molecule has 0 atom stereocenters. The van der Waals surface area contributed by atoms with E-state index < -0.39 is 5.97 Å². The van der Waals surface area contributed by atoms with E-state index in [-0.39, 0.29) is 0 Å². The first-order chi connectivity index (χ1) is 11.2. The molecule has 0 aromatic carbocycles. The minimum Gasteiger partial charge on any atom is -0.327 e. The van der Waals surface area contributed by atoms with E-state index in [0.29, 0.717) is 19.8 Å². The molecule has 4 heteroatoms. The number of hydrogen-bond donors (Lipinski definition) is 1. The monoisotopic (exact) mass is 348 g/mol. The largest absolute Gasteiger partial charge is 0.327 e. The second-order valence-electron chi connectivity index (χ2n) is 6.18. The van der Waals surface area contributed by atoms with E-state index in [1.807, 2.05) is 0 Å². The zero-order chi connectivity index (χ0) is 17.2. The van der Waals surface area contributed by atoms with Crippen LogP contribution in [0.5, 0.6) is 0 Å². The predicted molar refractivity (Wildman–Crippen MR) is 102 cm³/mol. The molecule has 0 rings (SSSR count). The Kier molecular flexibility index (Phi) is 17.2. The number of ether oxygens (including phenoxy) is 3. The van der Waals surface area contributed by atoms with E-state index in [4.69, 9.17) is 14.2 Å². The summed E-state index contributed by atoms with van der Waals surface area (Å²) < 4.78 is 18.0. The van der Waals surface area contributed by atoms with Crippen LogP contribution in [0.4, 0.5) is 0 Å². The standard InChI is InChI=1S/C19H40O3S/c1-4-7-8-9-10-11-12-14-19(20-15-5-2,21-16-6-3)22-17-13-18-23/h23H,4-18H2,1-3H3. The molecule has 0 fully saturated rings. The summed E-state index contributed by atoms with van der Waals surface area (Å²) in [7, 11) is 0. The fraction of sp³-hybridized carbons (Fsp3) is 1.00. The maximum absolute atomic E-state index is 6.03. The number of unbranched alkanes of at least 4 members (excludes halogenated alkanes) is 6. The smallest absolute Gasteiger partial charge is 0.282 e. The zero-order valence-corrected chi connectivity index (χ0v) is 16.7. The first-order valence-electron chi connectivity index (χ1n) is 9.77. The average molecular weight is 349 g/mol. The Labute approximate surface area is 150 Å². The molecule has 0 amide bonds. The fourth-order valence-corrected chi connectivity index (χ4v) is 2.58. The lowest BCUT2D eigenvalue weighted by Gasteiger charge is -2.33. The van der Waals surface area contributed by atoms with Crippen LogP contribution in [-0.4, -0.2) is 31.5 Å². The van der Waals surface area contributed by atoms with E-state index >= 15 is 0 Å². The van der Waals surface area contributed by atoms with Gasteiger partial charge in [-0.3, -0.25) is 0 Å². The quantitative estimate of drug-likeness (QED) is 0.188. The molecule has 3 nitrogen and oxygen atoms in total.